The minimum Gasteiger partial charge on any atom is -0.489 e. The highest BCUT2D eigenvalue weighted by Gasteiger charge is 2.03. The van der Waals surface area contributed by atoms with Crippen LogP contribution in [-0.4, -0.2) is 16.6 Å². The van der Waals surface area contributed by atoms with E-state index in [-0.39, 0.29) is 10.4 Å². The van der Waals surface area contributed by atoms with Crippen LogP contribution in [0, 0.1) is 0 Å². The van der Waals surface area contributed by atoms with Gasteiger partial charge >= 0.3 is 0 Å². The molecule has 3 nitrogen and oxygen atoms in total. The van der Waals surface area contributed by atoms with E-state index >= 15 is 0 Å². The molecule has 0 saturated carbocycles. The monoisotopic (exact) mass is 220 g/mol. The van der Waals surface area contributed by atoms with Crippen molar-refractivity contribution in [1.82, 2.24) is 9.97 Å². The molecule has 72 valence electrons. The first-order valence-corrected chi connectivity index (χ1v) is 4.80. The number of hydrogen-bond donors (Lipinski definition) is 0. The topological polar surface area (TPSA) is 35.0 Å². The van der Waals surface area contributed by atoms with Gasteiger partial charge in [-0.1, -0.05) is 24.9 Å². The van der Waals surface area contributed by atoms with Gasteiger partial charge in [0.1, 0.15) is 0 Å². The van der Waals surface area contributed by atoms with Crippen molar-refractivity contribution >= 4 is 23.2 Å². The molecule has 0 aromatic carbocycles. The molecule has 0 fully saturated rings. The number of nitrogens with zero attached hydrogens (tertiary/aromatic N) is 2. The zero-order valence-corrected chi connectivity index (χ0v) is 8.77. The van der Waals surface area contributed by atoms with E-state index in [4.69, 9.17) is 27.9 Å². The summed E-state index contributed by atoms with van der Waals surface area (Å²) in [6, 6.07) is 0. The Morgan fingerprint density at radius 3 is 2.85 bits per heavy atom. The van der Waals surface area contributed by atoms with E-state index in [1.165, 1.54) is 6.20 Å². The Hall–Kier alpha value is -0.540. The minimum atomic E-state index is 0.132. The van der Waals surface area contributed by atoms with Gasteiger partial charge in [0.25, 0.3) is 0 Å². The van der Waals surface area contributed by atoms with Crippen LogP contribution in [0.25, 0.3) is 0 Å². The second-order valence-electron chi connectivity index (χ2n) is 2.50. The van der Waals surface area contributed by atoms with Gasteiger partial charge in [0.2, 0.25) is 5.28 Å². The Morgan fingerprint density at radius 1 is 1.46 bits per heavy atom. The van der Waals surface area contributed by atoms with Crippen LogP contribution in [0.15, 0.2) is 6.20 Å². The Morgan fingerprint density at radius 2 is 2.23 bits per heavy atom. The molecule has 0 bridgehead atoms. The molecule has 0 saturated heterocycles. The van der Waals surface area contributed by atoms with Crippen LogP contribution in [0.5, 0.6) is 5.75 Å². The number of unbranched alkanes of at least 4 members (excludes halogenated alkanes) is 1. The number of aromatic nitrogens is 2. The normalized spacial score (nSPS) is 10.1. The fourth-order valence-electron chi connectivity index (χ4n) is 0.753. The van der Waals surface area contributed by atoms with E-state index in [0.717, 1.165) is 12.8 Å². The van der Waals surface area contributed by atoms with E-state index in [2.05, 4.69) is 16.9 Å². The summed E-state index contributed by atoms with van der Waals surface area (Å²) in [6.45, 7) is 2.71. The summed E-state index contributed by atoms with van der Waals surface area (Å²) >= 11 is 11.3. The predicted molar refractivity (Wildman–Crippen MR) is 52.5 cm³/mol. The van der Waals surface area contributed by atoms with E-state index in [0.29, 0.717) is 12.4 Å². The molecular weight excluding hydrogens is 211 g/mol. The minimum absolute atomic E-state index is 0.132. The third-order valence-electron chi connectivity index (χ3n) is 1.44. The lowest BCUT2D eigenvalue weighted by molar-refractivity contribution is 0.307. The van der Waals surface area contributed by atoms with Crippen molar-refractivity contribution < 1.29 is 4.74 Å². The summed E-state index contributed by atoms with van der Waals surface area (Å²) in [5.74, 6) is 0.486. The lowest BCUT2D eigenvalue weighted by Crippen LogP contribution is -1.98. The van der Waals surface area contributed by atoms with Gasteiger partial charge in [-0.05, 0) is 18.0 Å². The number of ether oxygens (including phenoxy) is 1. The molecule has 1 rings (SSSR count). The van der Waals surface area contributed by atoms with Crippen LogP contribution >= 0.6 is 23.2 Å². The van der Waals surface area contributed by atoms with Crippen LogP contribution in [-0.2, 0) is 0 Å². The van der Waals surface area contributed by atoms with Crippen molar-refractivity contribution in [2.75, 3.05) is 6.61 Å². The molecule has 1 heterocycles. The number of halogens is 2. The van der Waals surface area contributed by atoms with Crippen LogP contribution in [0.4, 0.5) is 0 Å². The zero-order valence-electron chi connectivity index (χ0n) is 7.26. The Labute approximate surface area is 87.1 Å². The maximum absolute atomic E-state index is 5.75. The molecule has 0 aliphatic carbocycles. The van der Waals surface area contributed by atoms with Crippen molar-refractivity contribution in [2.24, 2.45) is 0 Å². The van der Waals surface area contributed by atoms with Gasteiger partial charge in [0, 0.05) is 0 Å². The highest BCUT2D eigenvalue weighted by Crippen LogP contribution is 2.21. The third-order valence-corrected chi connectivity index (χ3v) is 1.89. The lowest BCUT2D eigenvalue weighted by Gasteiger charge is -2.05. The van der Waals surface area contributed by atoms with Crippen LogP contribution in [0.3, 0.4) is 0 Å². The molecule has 0 radical (unpaired) electrons. The van der Waals surface area contributed by atoms with Crippen molar-refractivity contribution in [3.63, 3.8) is 0 Å². The molecule has 1 aromatic rings. The van der Waals surface area contributed by atoms with Crippen LogP contribution < -0.4 is 4.74 Å². The van der Waals surface area contributed by atoms with Crippen LogP contribution in [0.1, 0.15) is 19.8 Å². The van der Waals surface area contributed by atoms with Crippen molar-refractivity contribution in [1.29, 1.82) is 0 Å². The molecule has 0 amide bonds. The molecule has 1 aromatic heterocycles. The molecule has 0 unspecified atom stereocenters. The molecule has 0 spiro atoms. The smallest absolute Gasteiger partial charge is 0.224 e. The number of hydrogen-bond acceptors (Lipinski definition) is 3. The average molecular weight is 221 g/mol. The molecule has 0 N–H and O–H groups in total. The second kappa shape index (κ2) is 5.25. The first kappa shape index (κ1) is 10.5. The van der Waals surface area contributed by atoms with Crippen molar-refractivity contribution in [2.45, 2.75) is 19.8 Å². The Balaban J connectivity index is 2.56. The fraction of sp³-hybridized carbons (Fsp3) is 0.500. The molecule has 0 aliphatic heterocycles. The summed E-state index contributed by atoms with van der Waals surface area (Å²) in [4.78, 5) is 7.51. The first-order valence-electron chi connectivity index (χ1n) is 4.05. The zero-order chi connectivity index (χ0) is 9.68. The largest absolute Gasteiger partial charge is 0.489 e. The molecule has 0 aliphatic rings. The van der Waals surface area contributed by atoms with E-state index in [1.807, 2.05) is 0 Å². The quantitative estimate of drug-likeness (QED) is 0.445. The molecular formula is C8H10Cl2N2O. The van der Waals surface area contributed by atoms with Gasteiger partial charge in [-0.15, -0.1) is 0 Å². The van der Waals surface area contributed by atoms with Crippen LogP contribution in [0.2, 0.25) is 10.4 Å². The Bertz CT molecular complexity index is 281. The third kappa shape index (κ3) is 3.36. The van der Waals surface area contributed by atoms with Gasteiger partial charge in [-0.25, -0.2) is 9.97 Å². The highest BCUT2D eigenvalue weighted by molar-refractivity contribution is 6.32. The molecule has 0 atom stereocenters. The summed E-state index contributed by atoms with van der Waals surface area (Å²) in [6.07, 6.45) is 3.54. The maximum atomic E-state index is 5.75. The van der Waals surface area contributed by atoms with Crippen molar-refractivity contribution in [3.8, 4) is 5.75 Å². The molecule has 5 heteroatoms. The maximum Gasteiger partial charge on any atom is 0.224 e. The number of rotatable bonds is 4. The Kier molecular flexibility index (Phi) is 4.25. The fourth-order valence-corrected chi connectivity index (χ4v) is 1.11. The van der Waals surface area contributed by atoms with Gasteiger partial charge in [-0.2, -0.15) is 0 Å². The standard InChI is InChI=1S/C8H10Cl2N2O/c1-2-3-4-13-6-5-11-8(10)12-7(6)9/h5H,2-4H2,1H3. The SMILES string of the molecule is CCCCOc1cnc(Cl)nc1Cl. The van der Waals surface area contributed by atoms with E-state index in [1.54, 1.807) is 0 Å². The summed E-state index contributed by atoms with van der Waals surface area (Å²) < 4.78 is 5.32. The van der Waals surface area contributed by atoms with Gasteiger partial charge < -0.3 is 4.74 Å². The van der Waals surface area contributed by atoms with Gasteiger partial charge in [0.15, 0.2) is 10.9 Å². The highest BCUT2D eigenvalue weighted by atomic mass is 35.5. The van der Waals surface area contributed by atoms with Crippen molar-refractivity contribution in [3.05, 3.63) is 16.6 Å². The van der Waals surface area contributed by atoms with Gasteiger partial charge in [0.05, 0.1) is 12.8 Å². The van der Waals surface area contributed by atoms with E-state index < -0.39 is 0 Å². The molecule has 13 heavy (non-hydrogen) atoms. The first-order chi connectivity index (χ1) is 6.24. The van der Waals surface area contributed by atoms with E-state index in [9.17, 15) is 0 Å². The average Bonchev–Trinajstić information content (AvgIpc) is 2.09. The second-order valence-corrected chi connectivity index (χ2v) is 3.19. The summed E-state index contributed by atoms with van der Waals surface area (Å²) in [5, 5.41) is 0.393. The predicted octanol–water partition coefficient (Wildman–Crippen LogP) is 2.96. The lowest BCUT2D eigenvalue weighted by atomic mass is 10.4. The van der Waals surface area contributed by atoms with Gasteiger partial charge in [-0.3, -0.25) is 0 Å². The summed E-state index contributed by atoms with van der Waals surface area (Å²) in [5.41, 5.74) is 0. The summed E-state index contributed by atoms with van der Waals surface area (Å²) in [7, 11) is 0.